The van der Waals surface area contributed by atoms with E-state index in [1.54, 1.807) is 0 Å². The van der Waals surface area contributed by atoms with E-state index in [9.17, 15) is 0 Å². The maximum absolute atomic E-state index is 3.36. The van der Waals surface area contributed by atoms with Crippen LogP contribution in [0.25, 0.3) is 22.7 Å². The summed E-state index contributed by atoms with van der Waals surface area (Å²) in [6.45, 7) is 5.04. The number of nitrogens with one attached hydrogen (secondary N) is 1. The standard InChI is InChI=1S/C22H27N4/c1-4-23-16-24(2)19-11-9-17(10-12-19)15-18-13-14-26-21-8-6-5-7-20(21)25(3)22(18)26/h5-12,15,23H,4,13-14,16H2,1-3H3/q+1. The SMILES string of the molecule is CCNCN(C)c1ccc(/C=C2\CCn3c2[n+](C)c2ccccc23)cc1. The lowest BCUT2D eigenvalue weighted by Crippen LogP contribution is -2.31. The zero-order valence-corrected chi connectivity index (χ0v) is 15.9. The molecule has 134 valence electrons. The molecule has 1 aliphatic heterocycles. The van der Waals surface area contributed by atoms with E-state index >= 15 is 0 Å². The second-order valence-electron chi connectivity index (χ2n) is 6.99. The lowest BCUT2D eigenvalue weighted by molar-refractivity contribution is -0.647. The molecule has 4 heteroatoms. The average molecular weight is 347 g/mol. The molecule has 0 aliphatic carbocycles. The smallest absolute Gasteiger partial charge is 0.285 e. The number of fused-ring (bicyclic) bond motifs is 3. The molecule has 4 rings (SSSR count). The van der Waals surface area contributed by atoms with E-state index in [2.05, 4.69) is 95.0 Å². The Morgan fingerprint density at radius 2 is 1.92 bits per heavy atom. The van der Waals surface area contributed by atoms with Gasteiger partial charge in [-0.3, -0.25) is 0 Å². The van der Waals surface area contributed by atoms with Crippen LogP contribution in [-0.2, 0) is 13.6 Å². The molecular weight excluding hydrogens is 320 g/mol. The second-order valence-corrected chi connectivity index (χ2v) is 6.99. The van der Waals surface area contributed by atoms with Gasteiger partial charge in [0.1, 0.15) is 0 Å². The normalized spacial score (nSPS) is 15.0. The lowest BCUT2D eigenvalue weighted by Gasteiger charge is -2.19. The highest BCUT2D eigenvalue weighted by Gasteiger charge is 2.30. The van der Waals surface area contributed by atoms with E-state index in [1.165, 1.54) is 33.7 Å². The Morgan fingerprint density at radius 1 is 1.15 bits per heavy atom. The van der Waals surface area contributed by atoms with Gasteiger partial charge in [-0.1, -0.05) is 31.2 Å². The molecular formula is C22H27N4+. The highest BCUT2D eigenvalue weighted by molar-refractivity contribution is 5.84. The number of aromatic nitrogens is 2. The molecule has 0 saturated heterocycles. The summed E-state index contributed by atoms with van der Waals surface area (Å²) >= 11 is 0. The maximum atomic E-state index is 3.36. The fourth-order valence-corrected chi connectivity index (χ4v) is 3.88. The Hall–Kier alpha value is -2.59. The minimum Gasteiger partial charge on any atom is -0.362 e. The minimum absolute atomic E-state index is 0.868. The zero-order valence-electron chi connectivity index (χ0n) is 15.9. The van der Waals surface area contributed by atoms with Gasteiger partial charge in [-0.2, -0.15) is 0 Å². The molecule has 1 N–H and O–H groups in total. The van der Waals surface area contributed by atoms with Crippen molar-refractivity contribution in [3.63, 3.8) is 0 Å². The summed E-state index contributed by atoms with van der Waals surface area (Å²) in [6.07, 6.45) is 3.43. The number of anilines is 1. The predicted octanol–water partition coefficient (Wildman–Crippen LogP) is 3.41. The number of rotatable bonds is 5. The number of hydrogen-bond donors (Lipinski definition) is 1. The van der Waals surface area contributed by atoms with Crippen LogP contribution in [0.1, 0.15) is 24.7 Å². The average Bonchev–Trinajstić information content (AvgIpc) is 3.21. The molecule has 26 heavy (non-hydrogen) atoms. The largest absolute Gasteiger partial charge is 0.362 e. The van der Waals surface area contributed by atoms with Crippen LogP contribution in [0.4, 0.5) is 5.69 Å². The molecule has 1 aromatic heterocycles. The van der Waals surface area contributed by atoms with Crippen molar-refractivity contribution < 1.29 is 4.57 Å². The Kier molecular flexibility index (Phi) is 4.51. The van der Waals surface area contributed by atoms with Gasteiger partial charge in [0.25, 0.3) is 5.82 Å². The van der Waals surface area contributed by atoms with Crippen LogP contribution in [0.3, 0.4) is 0 Å². The Labute approximate surface area is 155 Å². The van der Waals surface area contributed by atoms with Gasteiger partial charge in [-0.15, -0.1) is 0 Å². The van der Waals surface area contributed by atoms with Crippen molar-refractivity contribution in [3.05, 3.63) is 59.9 Å². The van der Waals surface area contributed by atoms with Crippen LogP contribution >= 0.6 is 0 Å². The number of nitrogens with zero attached hydrogens (tertiary/aromatic N) is 3. The first kappa shape index (κ1) is 16.9. The third-order valence-corrected chi connectivity index (χ3v) is 5.27. The molecule has 0 fully saturated rings. The molecule has 0 spiro atoms. The highest BCUT2D eigenvalue weighted by Crippen LogP contribution is 2.31. The summed E-state index contributed by atoms with van der Waals surface area (Å²) < 4.78 is 4.77. The number of hydrogen-bond acceptors (Lipinski definition) is 2. The molecule has 2 heterocycles. The van der Waals surface area contributed by atoms with E-state index in [4.69, 9.17) is 0 Å². The van der Waals surface area contributed by atoms with Crippen molar-refractivity contribution in [1.29, 1.82) is 0 Å². The van der Waals surface area contributed by atoms with Crippen LogP contribution in [-0.4, -0.2) is 24.8 Å². The van der Waals surface area contributed by atoms with E-state index in [0.717, 1.165) is 26.2 Å². The quantitative estimate of drug-likeness (QED) is 0.565. The van der Waals surface area contributed by atoms with Gasteiger partial charge >= 0.3 is 0 Å². The highest BCUT2D eigenvalue weighted by atomic mass is 15.2. The summed E-state index contributed by atoms with van der Waals surface area (Å²) in [5.41, 5.74) is 6.54. The third kappa shape index (κ3) is 2.90. The van der Waals surface area contributed by atoms with E-state index in [-0.39, 0.29) is 0 Å². The van der Waals surface area contributed by atoms with Gasteiger partial charge in [0.15, 0.2) is 11.0 Å². The number of aryl methyl sites for hydroxylation is 2. The maximum Gasteiger partial charge on any atom is 0.285 e. The van der Waals surface area contributed by atoms with Gasteiger partial charge in [0.2, 0.25) is 0 Å². The van der Waals surface area contributed by atoms with Crippen LogP contribution < -0.4 is 14.8 Å². The van der Waals surface area contributed by atoms with Crippen molar-refractivity contribution in [2.45, 2.75) is 19.9 Å². The lowest BCUT2D eigenvalue weighted by atomic mass is 10.1. The molecule has 0 unspecified atom stereocenters. The summed E-state index contributed by atoms with van der Waals surface area (Å²) in [4.78, 5) is 2.23. The van der Waals surface area contributed by atoms with Crippen molar-refractivity contribution in [1.82, 2.24) is 9.88 Å². The molecule has 1 aliphatic rings. The van der Waals surface area contributed by atoms with Crippen LogP contribution in [0, 0.1) is 0 Å². The fraction of sp³-hybridized carbons (Fsp3) is 0.318. The molecule has 0 saturated carbocycles. The predicted molar refractivity (Wildman–Crippen MR) is 109 cm³/mol. The number of imidazole rings is 1. The van der Waals surface area contributed by atoms with Gasteiger partial charge in [-0.25, -0.2) is 9.13 Å². The van der Waals surface area contributed by atoms with Crippen LogP contribution in [0.15, 0.2) is 48.5 Å². The number of allylic oxidation sites excluding steroid dienone is 1. The molecule has 0 atom stereocenters. The van der Waals surface area contributed by atoms with Crippen molar-refractivity contribution in [2.24, 2.45) is 7.05 Å². The van der Waals surface area contributed by atoms with Crippen LogP contribution in [0.2, 0.25) is 0 Å². The fourth-order valence-electron chi connectivity index (χ4n) is 3.88. The Morgan fingerprint density at radius 3 is 2.69 bits per heavy atom. The summed E-state index contributed by atoms with van der Waals surface area (Å²) in [6, 6.07) is 17.5. The van der Waals surface area contributed by atoms with Gasteiger partial charge < -0.3 is 10.2 Å². The Bertz CT molecular complexity index is 950. The summed E-state index contributed by atoms with van der Waals surface area (Å²) in [5, 5.41) is 3.36. The number of benzene rings is 2. The topological polar surface area (TPSA) is 24.1 Å². The van der Waals surface area contributed by atoms with Crippen molar-refractivity contribution in [3.8, 4) is 0 Å². The van der Waals surface area contributed by atoms with Crippen molar-refractivity contribution >= 4 is 28.4 Å². The minimum atomic E-state index is 0.868. The molecule has 2 aromatic carbocycles. The summed E-state index contributed by atoms with van der Waals surface area (Å²) in [7, 11) is 4.29. The molecule has 4 nitrogen and oxygen atoms in total. The summed E-state index contributed by atoms with van der Waals surface area (Å²) in [5.74, 6) is 1.33. The van der Waals surface area contributed by atoms with E-state index in [0.29, 0.717) is 0 Å². The molecule has 0 bridgehead atoms. The first-order valence-electron chi connectivity index (χ1n) is 9.39. The third-order valence-electron chi connectivity index (χ3n) is 5.27. The van der Waals surface area contributed by atoms with E-state index in [1.807, 2.05) is 0 Å². The first-order valence-corrected chi connectivity index (χ1v) is 9.39. The van der Waals surface area contributed by atoms with Crippen LogP contribution in [0.5, 0.6) is 0 Å². The van der Waals surface area contributed by atoms with Gasteiger partial charge in [0.05, 0.1) is 20.3 Å². The molecule has 0 amide bonds. The Balaban J connectivity index is 1.63. The first-order chi connectivity index (χ1) is 12.7. The van der Waals surface area contributed by atoms with Gasteiger partial charge in [-0.05, 0) is 42.4 Å². The second kappa shape index (κ2) is 6.96. The number of para-hydroxylation sites is 2. The zero-order chi connectivity index (χ0) is 18.1. The molecule has 0 radical (unpaired) electrons. The van der Waals surface area contributed by atoms with Crippen molar-refractivity contribution in [2.75, 3.05) is 25.2 Å². The van der Waals surface area contributed by atoms with Gasteiger partial charge in [0, 0.05) is 24.7 Å². The van der Waals surface area contributed by atoms with E-state index < -0.39 is 0 Å². The molecule has 3 aromatic rings. The monoisotopic (exact) mass is 347 g/mol.